The molecule has 2 N–H and O–H groups in total. The van der Waals surface area contributed by atoms with Crippen molar-refractivity contribution in [2.45, 2.75) is 4.90 Å². The lowest BCUT2D eigenvalue weighted by Crippen LogP contribution is -2.14. The summed E-state index contributed by atoms with van der Waals surface area (Å²) in [6.45, 7) is 0. The molecule has 7 nitrogen and oxygen atoms in total. The highest BCUT2D eigenvalue weighted by molar-refractivity contribution is 7.92. The van der Waals surface area contributed by atoms with Crippen molar-refractivity contribution in [2.24, 2.45) is 0 Å². The summed E-state index contributed by atoms with van der Waals surface area (Å²) in [7, 11) is -2.23. The molecule has 0 aliphatic heterocycles. The van der Waals surface area contributed by atoms with Gasteiger partial charge in [-0.3, -0.25) is 4.72 Å². The fraction of sp³-hybridized carbons (Fsp3) is 0.0588. The third kappa shape index (κ3) is 4.22. The van der Waals surface area contributed by atoms with Crippen LogP contribution in [0.1, 0.15) is 0 Å². The second-order valence-corrected chi connectivity index (χ2v) is 7.31. The molecule has 0 saturated carbocycles. The first-order valence-electron chi connectivity index (χ1n) is 7.50. The van der Waals surface area contributed by atoms with Gasteiger partial charge in [0.1, 0.15) is 5.75 Å². The molecule has 3 aromatic rings. The monoisotopic (exact) mass is 390 g/mol. The molecule has 9 heteroatoms. The Labute approximate surface area is 156 Å². The van der Waals surface area contributed by atoms with Crippen LogP contribution in [0.3, 0.4) is 0 Å². The van der Waals surface area contributed by atoms with Crippen LogP contribution in [0.5, 0.6) is 5.75 Å². The van der Waals surface area contributed by atoms with Gasteiger partial charge in [0.25, 0.3) is 10.0 Å². The van der Waals surface area contributed by atoms with Crippen molar-refractivity contribution >= 4 is 38.9 Å². The van der Waals surface area contributed by atoms with Gasteiger partial charge in [-0.05, 0) is 42.5 Å². The summed E-state index contributed by atoms with van der Waals surface area (Å²) in [5, 5.41) is 11.3. The van der Waals surface area contributed by atoms with Gasteiger partial charge in [-0.2, -0.15) is 0 Å². The summed E-state index contributed by atoms with van der Waals surface area (Å²) in [5.74, 6) is 1.19. The van der Waals surface area contributed by atoms with Crippen LogP contribution < -0.4 is 14.8 Å². The van der Waals surface area contributed by atoms with Gasteiger partial charge in [-0.25, -0.2) is 8.42 Å². The van der Waals surface area contributed by atoms with Crippen LogP contribution >= 0.6 is 11.6 Å². The molecular weight excluding hydrogens is 376 g/mol. The molecule has 134 valence electrons. The lowest BCUT2D eigenvalue weighted by molar-refractivity contribution is 0.417. The highest BCUT2D eigenvalue weighted by Gasteiger charge is 2.15. The van der Waals surface area contributed by atoms with Crippen LogP contribution in [0, 0.1) is 0 Å². The number of hydrogen-bond donors (Lipinski definition) is 2. The molecule has 0 bridgehead atoms. The average Bonchev–Trinajstić information content (AvgIpc) is 2.63. The zero-order valence-corrected chi connectivity index (χ0v) is 15.3. The lowest BCUT2D eigenvalue weighted by Gasteiger charge is -2.10. The largest absolute Gasteiger partial charge is 0.495 e. The lowest BCUT2D eigenvalue weighted by atomic mass is 10.3. The quantitative estimate of drug-likeness (QED) is 0.666. The summed E-state index contributed by atoms with van der Waals surface area (Å²) in [4.78, 5) is 0.0445. The van der Waals surface area contributed by atoms with Crippen molar-refractivity contribution in [1.82, 2.24) is 10.2 Å². The minimum absolute atomic E-state index is 0.0445. The molecule has 1 heterocycles. The van der Waals surface area contributed by atoms with Gasteiger partial charge >= 0.3 is 0 Å². The molecule has 0 unspecified atom stereocenters. The van der Waals surface area contributed by atoms with E-state index in [1.165, 1.54) is 18.2 Å². The van der Waals surface area contributed by atoms with Crippen molar-refractivity contribution < 1.29 is 13.2 Å². The Morgan fingerprint density at radius 1 is 0.962 bits per heavy atom. The van der Waals surface area contributed by atoms with E-state index in [9.17, 15) is 8.42 Å². The molecule has 0 radical (unpaired) electrons. The number of aromatic nitrogens is 2. The molecule has 26 heavy (non-hydrogen) atoms. The third-order valence-electron chi connectivity index (χ3n) is 3.38. The summed E-state index contributed by atoms with van der Waals surface area (Å²) < 4.78 is 32.3. The first-order chi connectivity index (χ1) is 12.5. The number of nitrogens with one attached hydrogen (secondary N) is 2. The van der Waals surface area contributed by atoms with Gasteiger partial charge in [0.05, 0.1) is 17.7 Å². The summed E-state index contributed by atoms with van der Waals surface area (Å²) in [6.07, 6.45) is 0. The molecule has 0 spiro atoms. The predicted molar refractivity (Wildman–Crippen MR) is 101 cm³/mol. The number of benzene rings is 2. The van der Waals surface area contributed by atoms with E-state index in [1.54, 1.807) is 25.3 Å². The average molecular weight is 391 g/mol. The Morgan fingerprint density at radius 3 is 2.38 bits per heavy atom. The van der Waals surface area contributed by atoms with Gasteiger partial charge in [0.15, 0.2) is 11.6 Å². The molecule has 0 saturated heterocycles. The summed E-state index contributed by atoms with van der Waals surface area (Å²) in [5.41, 5.74) is 0.719. The number of para-hydroxylation sites is 2. The first kappa shape index (κ1) is 18.0. The van der Waals surface area contributed by atoms with Crippen molar-refractivity contribution in [3.8, 4) is 5.75 Å². The van der Waals surface area contributed by atoms with Gasteiger partial charge in [-0.15, -0.1) is 10.2 Å². The maximum absolute atomic E-state index is 12.3. The zero-order valence-electron chi connectivity index (χ0n) is 13.7. The number of anilines is 3. The van der Waals surface area contributed by atoms with Crippen LogP contribution in [-0.2, 0) is 10.0 Å². The van der Waals surface area contributed by atoms with Gasteiger partial charge in [-0.1, -0.05) is 29.8 Å². The molecule has 3 rings (SSSR count). The molecule has 0 atom stereocenters. The van der Waals surface area contributed by atoms with E-state index in [1.807, 2.05) is 24.3 Å². The smallest absolute Gasteiger partial charge is 0.263 e. The molecule has 0 aliphatic rings. The van der Waals surface area contributed by atoms with Gasteiger partial charge in [0, 0.05) is 5.02 Å². The second kappa shape index (κ2) is 7.59. The zero-order chi connectivity index (χ0) is 18.6. The van der Waals surface area contributed by atoms with Crippen LogP contribution in [0.15, 0.2) is 65.6 Å². The Balaban J connectivity index is 1.75. The fourth-order valence-electron chi connectivity index (χ4n) is 2.17. The predicted octanol–water partition coefficient (Wildman–Crippen LogP) is 3.68. The van der Waals surface area contributed by atoms with Crippen molar-refractivity contribution in [3.05, 3.63) is 65.7 Å². The van der Waals surface area contributed by atoms with Crippen LogP contribution in [0.4, 0.5) is 17.3 Å². The van der Waals surface area contributed by atoms with E-state index in [2.05, 4.69) is 20.2 Å². The fourth-order valence-corrected chi connectivity index (χ4v) is 3.47. The van der Waals surface area contributed by atoms with E-state index in [4.69, 9.17) is 16.3 Å². The van der Waals surface area contributed by atoms with E-state index in [-0.39, 0.29) is 10.7 Å². The number of nitrogens with zero attached hydrogens (tertiary/aromatic N) is 2. The molecule has 0 fully saturated rings. The van der Waals surface area contributed by atoms with Gasteiger partial charge in [0.2, 0.25) is 0 Å². The Morgan fingerprint density at radius 2 is 1.69 bits per heavy atom. The molecule has 0 amide bonds. The number of rotatable bonds is 6. The minimum atomic E-state index is -3.80. The number of hydrogen-bond acceptors (Lipinski definition) is 6. The van der Waals surface area contributed by atoms with Crippen LogP contribution in [-0.4, -0.2) is 25.7 Å². The third-order valence-corrected chi connectivity index (χ3v) is 4.97. The van der Waals surface area contributed by atoms with Crippen molar-refractivity contribution in [2.75, 3.05) is 17.1 Å². The Kier molecular flexibility index (Phi) is 5.24. The molecular formula is C17H15ClN4O3S. The van der Waals surface area contributed by atoms with Crippen LogP contribution in [0.2, 0.25) is 5.02 Å². The molecule has 1 aromatic heterocycles. The number of halogens is 1. The van der Waals surface area contributed by atoms with Gasteiger partial charge < -0.3 is 10.1 Å². The summed E-state index contributed by atoms with van der Waals surface area (Å²) >= 11 is 5.84. The van der Waals surface area contributed by atoms with E-state index in [0.29, 0.717) is 16.6 Å². The number of methoxy groups -OCH3 is 1. The second-order valence-electron chi connectivity index (χ2n) is 5.19. The Hall–Kier alpha value is -2.84. The SMILES string of the molecule is COc1ccccc1Nc1ccc(NS(=O)(=O)c2cccc(Cl)c2)nn1. The Bertz CT molecular complexity index is 1010. The van der Waals surface area contributed by atoms with E-state index in [0.717, 1.165) is 5.69 Å². The van der Waals surface area contributed by atoms with E-state index >= 15 is 0 Å². The normalized spacial score (nSPS) is 11.0. The number of sulfonamides is 1. The van der Waals surface area contributed by atoms with E-state index < -0.39 is 10.0 Å². The maximum atomic E-state index is 12.3. The first-order valence-corrected chi connectivity index (χ1v) is 9.36. The van der Waals surface area contributed by atoms with Crippen molar-refractivity contribution in [3.63, 3.8) is 0 Å². The highest BCUT2D eigenvalue weighted by Crippen LogP contribution is 2.26. The highest BCUT2D eigenvalue weighted by atomic mass is 35.5. The van der Waals surface area contributed by atoms with Crippen molar-refractivity contribution in [1.29, 1.82) is 0 Å². The maximum Gasteiger partial charge on any atom is 0.263 e. The number of ether oxygens (including phenoxy) is 1. The topological polar surface area (TPSA) is 93.2 Å². The minimum Gasteiger partial charge on any atom is -0.495 e. The summed E-state index contributed by atoms with van der Waals surface area (Å²) in [6, 6.07) is 16.4. The standard InChI is InChI=1S/C17H15ClN4O3S/c1-25-15-8-3-2-7-14(15)19-16-9-10-17(21-20-16)22-26(23,24)13-6-4-5-12(18)11-13/h2-11H,1H3,(H,19,20)(H,21,22). The van der Waals surface area contributed by atoms with Crippen LogP contribution in [0.25, 0.3) is 0 Å². The molecule has 2 aromatic carbocycles. The molecule has 0 aliphatic carbocycles.